The molecule has 3 N–H and O–H groups in total. The molecule has 1 aromatic carbocycles. The number of rotatable bonds is 4. The summed E-state index contributed by atoms with van der Waals surface area (Å²) < 4.78 is 0. The lowest BCUT2D eigenvalue weighted by atomic mass is 10.1. The lowest BCUT2D eigenvalue weighted by molar-refractivity contribution is -0.386. The van der Waals surface area contributed by atoms with Gasteiger partial charge in [0.05, 0.1) is 4.92 Å². The summed E-state index contributed by atoms with van der Waals surface area (Å²) in [5.41, 5.74) is -1.29. The van der Waals surface area contributed by atoms with E-state index in [1.807, 2.05) is 0 Å². The zero-order valence-corrected chi connectivity index (χ0v) is 12.7. The quantitative estimate of drug-likeness (QED) is 0.238. The van der Waals surface area contributed by atoms with Crippen LogP contribution in [0, 0.1) is 21.4 Å². The summed E-state index contributed by atoms with van der Waals surface area (Å²) in [6.45, 7) is 0.176. The summed E-state index contributed by atoms with van der Waals surface area (Å²) >= 11 is 0. The van der Waals surface area contributed by atoms with Crippen molar-refractivity contribution in [2.75, 3.05) is 6.54 Å². The van der Waals surface area contributed by atoms with Crippen LogP contribution >= 0.6 is 0 Å². The molecular weight excluding hydrogens is 334 g/mol. The van der Waals surface area contributed by atoms with E-state index in [4.69, 9.17) is 5.11 Å². The lowest BCUT2D eigenvalue weighted by Gasteiger charge is -2.20. The molecule has 10 nitrogen and oxygen atoms in total. The average molecular weight is 347 g/mol. The van der Waals surface area contributed by atoms with Crippen LogP contribution in [-0.2, 0) is 9.59 Å². The third-order valence-corrected chi connectivity index (χ3v) is 3.75. The molecule has 1 aliphatic heterocycles. The van der Waals surface area contributed by atoms with Gasteiger partial charge in [0.1, 0.15) is 17.7 Å². The number of phenolic OH excluding ortho intramolecular Hbond substituents is 2. The average Bonchev–Trinajstić information content (AvgIpc) is 3.04. The fraction of sp³-hybridized carbons (Fsp3) is 0.267. The summed E-state index contributed by atoms with van der Waals surface area (Å²) in [6, 6.07) is 2.43. The van der Waals surface area contributed by atoms with Gasteiger partial charge in [-0.15, -0.1) is 0 Å². The second kappa shape index (κ2) is 6.88. The Hall–Kier alpha value is -3.61. The molecule has 0 bridgehead atoms. The number of amides is 1. The maximum Gasteiger partial charge on any atom is 0.326 e. The van der Waals surface area contributed by atoms with E-state index >= 15 is 0 Å². The second-order valence-corrected chi connectivity index (χ2v) is 5.33. The highest BCUT2D eigenvalue weighted by Gasteiger charge is 2.35. The molecule has 2 rings (SSSR count). The Morgan fingerprint density at radius 3 is 2.64 bits per heavy atom. The summed E-state index contributed by atoms with van der Waals surface area (Å²) in [5.74, 6) is -3.71. The Balaban J connectivity index is 2.41. The minimum Gasteiger partial charge on any atom is -0.504 e. The van der Waals surface area contributed by atoms with E-state index in [9.17, 15) is 35.2 Å². The van der Waals surface area contributed by atoms with Crippen molar-refractivity contribution in [3.8, 4) is 17.6 Å². The van der Waals surface area contributed by atoms with Gasteiger partial charge >= 0.3 is 11.7 Å². The number of hydrogen-bond acceptors (Lipinski definition) is 7. The number of benzene rings is 1. The zero-order chi connectivity index (χ0) is 18.7. The normalized spacial score (nSPS) is 17.2. The molecule has 0 aliphatic carbocycles. The third-order valence-electron chi connectivity index (χ3n) is 3.75. The first-order valence-electron chi connectivity index (χ1n) is 7.12. The molecule has 1 atom stereocenters. The molecular formula is C15H13N3O7. The maximum absolute atomic E-state index is 12.4. The minimum atomic E-state index is -1.18. The van der Waals surface area contributed by atoms with E-state index in [1.54, 1.807) is 6.07 Å². The molecule has 0 spiro atoms. The number of nitriles is 1. The molecule has 1 heterocycles. The Kier molecular flexibility index (Phi) is 4.88. The summed E-state index contributed by atoms with van der Waals surface area (Å²) in [4.78, 5) is 34.5. The number of nitrogens with zero attached hydrogens (tertiary/aromatic N) is 3. The number of nitro groups is 1. The van der Waals surface area contributed by atoms with Crippen molar-refractivity contribution in [3.05, 3.63) is 33.4 Å². The topological polar surface area (TPSA) is 165 Å². The highest BCUT2D eigenvalue weighted by atomic mass is 16.6. The molecule has 1 aliphatic rings. The van der Waals surface area contributed by atoms with E-state index in [2.05, 4.69) is 0 Å². The van der Waals surface area contributed by atoms with Gasteiger partial charge in [-0.1, -0.05) is 0 Å². The number of aromatic hydroxyl groups is 2. The van der Waals surface area contributed by atoms with Crippen LogP contribution in [0.1, 0.15) is 18.4 Å². The predicted octanol–water partition coefficient (Wildman–Crippen LogP) is 0.989. The summed E-state index contributed by atoms with van der Waals surface area (Å²) in [7, 11) is 0. The van der Waals surface area contributed by atoms with E-state index in [-0.39, 0.29) is 18.5 Å². The van der Waals surface area contributed by atoms with E-state index in [1.165, 1.54) is 0 Å². The van der Waals surface area contributed by atoms with Gasteiger partial charge in [0.15, 0.2) is 5.75 Å². The van der Waals surface area contributed by atoms with E-state index < -0.39 is 45.6 Å². The van der Waals surface area contributed by atoms with E-state index in [0.29, 0.717) is 6.42 Å². The molecule has 0 saturated carbocycles. The molecule has 130 valence electrons. The standard InChI is InChI=1S/C15H13N3O7/c16-7-9(14(21)17-3-1-2-10(17)15(22)23)4-8-5-11(18(24)25)13(20)12(19)6-8/h4-6,10,19-20H,1-3H2,(H,22,23)/b9-4+/t10-/m0/s1. The van der Waals surface area contributed by atoms with Crippen molar-refractivity contribution in [2.24, 2.45) is 0 Å². The minimum absolute atomic E-state index is 0.0574. The van der Waals surface area contributed by atoms with Crippen LogP contribution in [-0.4, -0.2) is 49.6 Å². The second-order valence-electron chi connectivity index (χ2n) is 5.33. The lowest BCUT2D eigenvalue weighted by Crippen LogP contribution is -2.40. The van der Waals surface area contributed by atoms with Gasteiger partial charge in [0, 0.05) is 12.6 Å². The van der Waals surface area contributed by atoms with Crippen molar-refractivity contribution in [1.29, 1.82) is 5.26 Å². The van der Waals surface area contributed by atoms with Crippen LogP contribution in [0.4, 0.5) is 5.69 Å². The van der Waals surface area contributed by atoms with Crippen LogP contribution in [0.5, 0.6) is 11.5 Å². The van der Waals surface area contributed by atoms with Crippen molar-refractivity contribution in [1.82, 2.24) is 4.90 Å². The van der Waals surface area contributed by atoms with Crippen molar-refractivity contribution < 1.29 is 29.8 Å². The van der Waals surface area contributed by atoms with Crippen molar-refractivity contribution >= 4 is 23.6 Å². The fourth-order valence-corrected chi connectivity index (χ4v) is 2.58. The van der Waals surface area contributed by atoms with Crippen LogP contribution in [0.3, 0.4) is 0 Å². The predicted molar refractivity (Wildman–Crippen MR) is 82.4 cm³/mol. The number of carboxylic acids is 1. The van der Waals surface area contributed by atoms with Gasteiger partial charge in [-0.25, -0.2) is 4.79 Å². The fourth-order valence-electron chi connectivity index (χ4n) is 2.58. The highest BCUT2D eigenvalue weighted by molar-refractivity contribution is 6.03. The number of carboxylic acid groups (broad SMARTS) is 1. The molecule has 0 unspecified atom stereocenters. The number of likely N-dealkylation sites (tertiary alicyclic amines) is 1. The smallest absolute Gasteiger partial charge is 0.326 e. The Morgan fingerprint density at radius 1 is 1.40 bits per heavy atom. The number of nitro benzene ring substituents is 1. The van der Waals surface area contributed by atoms with Gasteiger partial charge < -0.3 is 20.2 Å². The van der Waals surface area contributed by atoms with Crippen molar-refractivity contribution in [3.63, 3.8) is 0 Å². The molecule has 1 fully saturated rings. The third kappa shape index (κ3) is 3.50. The first-order valence-corrected chi connectivity index (χ1v) is 7.12. The van der Waals surface area contributed by atoms with Gasteiger partial charge in [-0.05, 0) is 30.5 Å². The highest BCUT2D eigenvalue weighted by Crippen LogP contribution is 2.36. The van der Waals surface area contributed by atoms with Crippen LogP contribution in [0.15, 0.2) is 17.7 Å². The molecule has 10 heteroatoms. The number of phenols is 2. The number of aliphatic carboxylic acids is 1. The molecule has 25 heavy (non-hydrogen) atoms. The van der Waals surface area contributed by atoms with Crippen LogP contribution < -0.4 is 0 Å². The summed E-state index contributed by atoms with van der Waals surface area (Å²) in [5, 5.41) is 48.1. The van der Waals surface area contributed by atoms with Gasteiger partial charge in [-0.2, -0.15) is 5.26 Å². The van der Waals surface area contributed by atoms with Crippen LogP contribution in [0.2, 0.25) is 0 Å². The molecule has 0 aromatic heterocycles. The van der Waals surface area contributed by atoms with Crippen molar-refractivity contribution in [2.45, 2.75) is 18.9 Å². The van der Waals surface area contributed by atoms with Crippen LogP contribution in [0.25, 0.3) is 6.08 Å². The molecule has 0 radical (unpaired) electrons. The molecule has 1 saturated heterocycles. The largest absolute Gasteiger partial charge is 0.504 e. The monoisotopic (exact) mass is 347 g/mol. The maximum atomic E-state index is 12.4. The Labute approximate surface area is 141 Å². The van der Waals surface area contributed by atoms with E-state index in [0.717, 1.165) is 23.1 Å². The van der Waals surface area contributed by atoms with Gasteiger partial charge in [0.25, 0.3) is 5.91 Å². The summed E-state index contributed by atoms with van der Waals surface area (Å²) in [6.07, 6.45) is 1.74. The molecule has 1 aromatic rings. The Morgan fingerprint density at radius 2 is 2.08 bits per heavy atom. The first-order chi connectivity index (χ1) is 11.8. The first kappa shape index (κ1) is 17.7. The Bertz CT molecular complexity index is 825. The number of carbonyl (C=O) groups is 2. The zero-order valence-electron chi connectivity index (χ0n) is 12.7. The number of carbonyl (C=O) groups excluding carboxylic acids is 1. The van der Waals surface area contributed by atoms with Gasteiger partial charge in [0.2, 0.25) is 5.75 Å². The number of hydrogen-bond donors (Lipinski definition) is 3. The van der Waals surface area contributed by atoms with Gasteiger partial charge in [-0.3, -0.25) is 14.9 Å². The SMILES string of the molecule is N#C/C(=C\c1cc(O)c(O)c([N+](=O)[O-])c1)C(=O)N1CCC[C@H]1C(=O)O. The molecule has 1 amide bonds.